The molecule has 1 saturated heterocycles. The number of hydrogen-bond donors (Lipinski definition) is 0. The molecule has 100 valence electrons. The number of halogens is 9. The minimum Gasteiger partial charge on any atom is -0.412 e. The van der Waals surface area contributed by atoms with Crippen LogP contribution in [0.3, 0.4) is 0 Å². The molecule has 0 aromatic rings. The first-order valence-electron chi connectivity index (χ1n) is 3.61. The van der Waals surface area contributed by atoms with Gasteiger partial charge in [-0.25, -0.2) is 8.78 Å². The summed E-state index contributed by atoms with van der Waals surface area (Å²) in [5, 5.41) is 0. The fraction of sp³-hybridized carbons (Fsp3) is 0.667. The summed E-state index contributed by atoms with van der Waals surface area (Å²) in [5.74, 6) is -13.7. The highest BCUT2D eigenvalue weighted by Gasteiger charge is 2.83. The van der Waals surface area contributed by atoms with Gasteiger partial charge in [0.15, 0.2) is 0 Å². The first-order valence-corrected chi connectivity index (χ1v) is 3.61. The third-order valence-electron chi connectivity index (χ3n) is 1.71. The third kappa shape index (κ3) is 1.76. The van der Waals surface area contributed by atoms with Crippen molar-refractivity contribution >= 4 is 0 Å². The maximum Gasteiger partial charge on any atom is 0.468 e. The van der Waals surface area contributed by atoms with E-state index in [1.54, 1.807) is 0 Å². The van der Waals surface area contributed by atoms with Gasteiger partial charge in [-0.05, 0) is 0 Å². The molecule has 1 fully saturated rings. The van der Waals surface area contributed by atoms with Crippen LogP contribution in [0, 0.1) is 0 Å². The lowest BCUT2D eigenvalue weighted by Gasteiger charge is -2.28. The highest BCUT2D eigenvalue weighted by atomic mass is 19.4. The Morgan fingerprint density at radius 1 is 1.06 bits per heavy atom. The van der Waals surface area contributed by atoms with Crippen LogP contribution in [-0.2, 0) is 9.47 Å². The van der Waals surface area contributed by atoms with Crippen LogP contribution in [0.4, 0.5) is 39.5 Å². The van der Waals surface area contributed by atoms with Crippen molar-refractivity contribution < 1.29 is 49.0 Å². The fourth-order valence-electron chi connectivity index (χ4n) is 0.932. The van der Waals surface area contributed by atoms with Crippen molar-refractivity contribution in [3.05, 3.63) is 12.0 Å². The molecule has 2 unspecified atom stereocenters. The van der Waals surface area contributed by atoms with Crippen molar-refractivity contribution in [1.29, 1.82) is 0 Å². The van der Waals surface area contributed by atoms with Crippen LogP contribution in [0.1, 0.15) is 0 Å². The van der Waals surface area contributed by atoms with Crippen molar-refractivity contribution in [3.63, 3.8) is 0 Å². The van der Waals surface area contributed by atoms with Gasteiger partial charge in [-0.2, -0.15) is 30.7 Å². The fourth-order valence-corrected chi connectivity index (χ4v) is 0.932. The predicted molar refractivity (Wildman–Crippen MR) is 31.1 cm³/mol. The van der Waals surface area contributed by atoms with Gasteiger partial charge in [0.25, 0.3) is 0 Å². The van der Waals surface area contributed by atoms with Gasteiger partial charge in [-0.3, -0.25) is 0 Å². The summed E-state index contributed by atoms with van der Waals surface area (Å²) in [4.78, 5) is 0. The second-order valence-electron chi connectivity index (χ2n) is 2.79. The summed E-state index contributed by atoms with van der Waals surface area (Å²) in [5.41, 5.74) is 0. The predicted octanol–water partition coefficient (Wildman–Crippen LogP) is 3.26. The topological polar surface area (TPSA) is 18.5 Å². The van der Waals surface area contributed by atoms with E-state index < -0.39 is 36.3 Å². The molecule has 2 nitrogen and oxygen atoms in total. The normalized spacial score (nSPS) is 33.6. The molecule has 0 saturated carbocycles. The Bertz CT molecular complexity index is 346. The maximum absolute atomic E-state index is 13.0. The molecule has 11 heteroatoms. The van der Waals surface area contributed by atoms with Gasteiger partial charge in [0.05, 0.1) is 0 Å². The van der Waals surface area contributed by atoms with E-state index in [4.69, 9.17) is 0 Å². The van der Waals surface area contributed by atoms with Gasteiger partial charge in [0.1, 0.15) is 0 Å². The van der Waals surface area contributed by atoms with E-state index >= 15 is 0 Å². The first kappa shape index (κ1) is 13.8. The molecule has 1 rings (SSSR count). The lowest BCUT2D eigenvalue weighted by Crippen LogP contribution is -2.59. The van der Waals surface area contributed by atoms with Crippen LogP contribution in [0.5, 0.6) is 0 Å². The van der Waals surface area contributed by atoms with Gasteiger partial charge in [0.2, 0.25) is 0 Å². The maximum atomic E-state index is 13.0. The van der Waals surface area contributed by atoms with Crippen LogP contribution >= 0.6 is 0 Å². The molecule has 2 atom stereocenters. The molecule has 0 bridgehead atoms. The van der Waals surface area contributed by atoms with E-state index in [1.165, 1.54) is 0 Å². The van der Waals surface area contributed by atoms with E-state index in [-0.39, 0.29) is 0 Å². The van der Waals surface area contributed by atoms with Gasteiger partial charge in [0, 0.05) is 0 Å². The average Bonchev–Trinajstić information content (AvgIpc) is 2.41. The number of alkyl halides is 7. The van der Waals surface area contributed by atoms with Crippen LogP contribution in [-0.4, -0.2) is 24.3 Å². The van der Waals surface area contributed by atoms with E-state index in [9.17, 15) is 39.5 Å². The first-order chi connectivity index (χ1) is 7.46. The summed E-state index contributed by atoms with van der Waals surface area (Å²) < 4.78 is 115. The molecular formula is C6HF9O2. The molecule has 0 aliphatic carbocycles. The summed E-state index contributed by atoms with van der Waals surface area (Å²) in [7, 11) is 0. The number of hydrogen-bond acceptors (Lipinski definition) is 2. The molecule has 0 amide bonds. The zero-order chi connectivity index (χ0) is 13.6. The SMILES string of the molecule is FC(F)=C1OC(F)(C(F)F)C(F)(C(F)(F)F)O1. The molecule has 0 spiro atoms. The molecule has 0 aromatic heterocycles. The Balaban J connectivity index is 3.33. The zero-order valence-electron chi connectivity index (χ0n) is 7.30. The molecule has 0 N–H and O–H groups in total. The van der Waals surface area contributed by atoms with Crippen LogP contribution in [0.2, 0.25) is 0 Å². The minimum absolute atomic E-state index is 2.58. The summed E-state index contributed by atoms with van der Waals surface area (Å²) >= 11 is 0. The van der Waals surface area contributed by atoms with Gasteiger partial charge in [-0.1, -0.05) is 0 Å². The monoisotopic (exact) mass is 276 g/mol. The molecule has 0 radical (unpaired) electrons. The Hall–Kier alpha value is -1.29. The largest absolute Gasteiger partial charge is 0.468 e. The van der Waals surface area contributed by atoms with Crippen LogP contribution in [0.25, 0.3) is 0 Å². The van der Waals surface area contributed by atoms with Crippen molar-refractivity contribution in [3.8, 4) is 0 Å². The quantitative estimate of drug-likeness (QED) is 0.684. The summed E-state index contributed by atoms with van der Waals surface area (Å²) in [6.07, 6.45) is -14.3. The second-order valence-corrected chi connectivity index (χ2v) is 2.79. The van der Waals surface area contributed by atoms with E-state index in [1.807, 2.05) is 0 Å². The lowest BCUT2D eigenvalue weighted by molar-refractivity contribution is -0.379. The Kier molecular flexibility index (Phi) is 2.92. The Labute approximate surface area is 86.6 Å². The van der Waals surface area contributed by atoms with Crippen molar-refractivity contribution in [2.45, 2.75) is 24.3 Å². The minimum atomic E-state index is -6.34. The van der Waals surface area contributed by atoms with Crippen LogP contribution in [0.15, 0.2) is 12.0 Å². The third-order valence-corrected chi connectivity index (χ3v) is 1.71. The van der Waals surface area contributed by atoms with E-state index in [0.29, 0.717) is 0 Å². The molecule has 1 aliphatic heterocycles. The van der Waals surface area contributed by atoms with E-state index in [2.05, 4.69) is 9.47 Å². The second kappa shape index (κ2) is 3.60. The number of rotatable bonds is 1. The average molecular weight is 276 g/mol. The standard InChI is InChI=1S/C6HF9O2/c7-1(8)2-16-4(11,3(9)10)5(12,17-2)6(13,14)15/h3H. The molecule has 1 heterocycles. The van der Waals surface area contributed by atoms with Gasteiger partial charge >= 0.3 is 36.3 Å². The molecule has 1 aliphatic rings. The van der Waals surface area contributed by atoms with Crippen molar-refractivity contribution in [2.75, 3.05) is 0 Å². The molecule has 17 heavy (non-hydrogen) atoms. The lowest BCUT2D eigenvalue weighted by atomic mass is 10.1. The number of ether oxygens (including phenoxy) is 2. The summed E-state index contributed by atoms with van der Waals surface area (Å²) in [6.45, 7) is 0. The summed E-state index contributed by atoms with van der Waals surface area (Å²) in [6, 6.07) is 0. The van der Waals surface area contributed by atoms with Gasteiger partial charge in [-0.15, -0.1) is 0 Å². The Morgan fingerprint density at radius 3 is 1.76 bits per heavy atom. The molecular weight excluding hydrogens is 275 g/mol. The highest BCUT2D eigenvalue weighted by molar-refractivity contribution is 5.07. The van der Waals surface area contributed by atoms with Crippen molar-refractivity contribution in [2.24, 2.45) is 0 Å². The Morgan fingerprint density at radius 2 is 1.53 bits per heavy atom. The van der Waals surface area contributed by atoms with E-state index in [0.717, 1.165) is 0 Å². The zero-order valence-corrected chi connectivity index (χ0v) is 7.30. The molecule has 0 aromatic carbocycles. The smallest absolute Gasteiger partial charge is 0.412 e. The van der Waals surface area contributed by atoms with Gasteiger partial charge < -0.3 is 9.47 Å². The van der Waals surface area contributed by atoms with Crippen molar-refractivity contribution in [1.82, 2.24) is 0 Å². The van der Waals surface area contributed by atoms with Crippen LogP contribution < -0.4 is 0 Å². The highest BCUT2D eigenvalue weighted by Crippen LogP contribution is 2.55.